The Morgan fingerprint density at radius 2 is 1.88 bits per heavy atom. The Hall–Kier alpha value is -2.23. The number of hydrogen-bond acceptors (Lipinski definition) is 3. The quantitative estimate of drug-likeness (QED) is 0.861. The number of hydrogen-bond donors (Lipinski definition) is 1. The number of nitrogens with one attached hydrogen (secondary N) is 1. The van der Waals surface area contributed by atoms with Gasteiger partial charge in [0.05, 0.1) is 6.54 Å². The number of amides is 1. The molecule has 0 aromatic carbocycles. The van der Waals surface area contributed by atoms with Gasteiger partial charge in [-0.15, -0.1) is 0 Å². The Kier molecular flexibility index (Phi) is 3.81. The van der Waals surface area contributed by atoms with Crippen LogP contribution < -0.4 is 5.32 Å². The Balaban J connectivity index is 1.82. The molecule has 2 heterocycles. The molecule has 1 radical (unpaired) electrons. The fourth-order valence-corrected chi connectivity index (χ4v) is 1.34. The normalized spacial score (nSPS) is 9.88. The minimum Gasteiger partial charge on any atom is -0.345 e. The molecule has 2 aromatic heterocycles. The second-order valence-corrected chi connectivity index (χ2v) is 3.42. The fourth-order valence-electron chi connectivity index (χ4n) is 1.34. The van der Waals surface area contributed by atoms with Crippen LogP contribution in [0.25, 0.3) is 0 Å². The zero-order valence-electron chi connectivity index (χ0n) is 9.21. The Bertz CT molecular complexity index is 471. The molecule has 4 heteroatoms. The van der Waals surface area contributed by atoms with Gasteiger partial charge in [0.25, 0.3) is 5.91 Å². The largest absolute Gasteiger partial charge is 0.345 e. The summed E-state index contributed by atoms with van der Waals surface area (Å²) in [5.41, 5.74) is 1.32. The van der Waals surface area contributed by atoms with Gasteiger partial charge in [0.15, 0.2) is 0 Å². The summed E-state index contributed by atoms with van der Waals surface area (Å²) in [6.45, 7) is 1.68. The maximum absolute atomic E-state index is 11.6. The molecule has 0 bridgehead atoms. The minimum absolute atomic E-state index is 0.207. The van der Waals surface area contributed by atoms with E-state index in [1.807, 2.05) is 18.2 Å². The molecular weight excluding hydrogens is 214 g/mol. The van der Waals surface area contributed by atoms with Crippen molar-refractivity contribution in [3.63, 3.8) is 0 Å². The van der Waals surface area contributed by atoms with Crippen molar-refractivity contribution >= 4 is 5.91 Å². The Morgan fingerprint density at radius 1 is 1.12 bits per heavy atom. The highest BCUT2D eigenvalue weighted by Crippen LogP contribution is 1.97. The van der Waals surface area contributed by atoms with Crippen molar-refractivity contribution in [3.8, 4) is 0 Å². The van der Waals surface area contributed by atoms with Crippen molar-refractivity contribution in [2.75, 3.05) is 0 Å². The van der Waals surface area contributed by atoms with E-state index in [0.717, 1.165) is 5.69 Å². The van der Waals surface area contributed by atoms with E-state index < -0.39 is 0 Å². The Morgan fingerprint density at radius 3 is 2.53 bits per heavy atom. The third kappa shape index (κ3) is 3.38. The third-order valence-corrected chi connectivity index (χ3v) is 2.17. The summed E-state index contributed by atoms with van der Waals surface area (Å²) in [7, 11) is 0. The summed E-state index contributed by atoms with van der Waals surface area (Å²) in [5, 5.41) is 2.68. The molecule has 0 saturated heterocycles. The molecule has 0 atom stereocenters. The van der Waals surface area contributed by atoms with Gasteiger partial charge in [0.2, 0.25) is 0 Å². The van der Waals surface area contributed by atoms with Gasteiger partial charge < -0.3 is 5.32 Å². The van der Waals surface area contributed by atoms with E-state index in [2.05, 4.69) is 15.3 Å². The first-order valence-electron chi connectivity index (χ1n) is 5.30. The van der Waals surface area contributed by atoms with Crippen LogP contribution in [0.2, 0.25) is 0 Å². The molecule has 1 amide bonds. The van der Waals surface area contributed by atoms with Gasteiger partial charge in [-0.05, 0) is 24.3 Å². The summed E-state index contributed by atoms with van der Waals surface area (Å²) in [5.74, 6) is -0.207. The number of rotatable bonds is 4. The van der Waals surface area contributed by atoms with Gasteiger partial charge in [0, 0.05) is 24.5 Å². The first-order valence-corrected chi connectivity index (χ1v) is 5.30. The van der Waals surface area contributed by atoms with E-state index >= 15 is 0 Å². The van der Waals surface area contributed by atoms with E-state index in [4.69, 9.17) is 0 Å². The average molecular weight is 226 g/mol. The van der Waals surface area contributed by atoms with Crippen LogP contribution in [0, 0.1) is 6.54 Å². The van der Waals surface area contributed by atoms with Crippen LogP contribution in [0.1, 0.15) is 16.2 Å². The van der Waals surface area contributed by atoms with Gasteiger partial charge in [-0.2, -0.15) is 0 Å². The van der Waals surface area contributed by atoms with Crippen LogP contribution in [0.4, 0.5) is 0 Å². The monoisotopic (exact) mass is 226 g/mol. The van der Waals surface area contributed by atoms with Crippen LogP contribution in [-0.2, 0) is 6.42 Å². The fraction of sp³-hybridized carbons (Fsp3) is 0.0769. The second-order valence-electron chi connectivity index (χ2n) is 3.42. The smallest absolute Gasteiger partial charge is 0.270 e. The Labute approximate surface area is 99.7 Å². The molecule has 0 spiro atoms. The molecule has 0 saturated carbocycles. The van der Waals surface area contributed by atoms with E-state index in [-0.39, 0.29) is 5.91 Å². The van der Waals surface area contributed by atoms with Crippen LogP contribution in [0.3, 0.4) is 0 Å². The number of carbonyl (C=O) groups is 1. The molecule has 0 aliphatic carbocycles. The lowest BCUT2D eigenvalue weighted by Crippen LogP contribution is -2.22. The van der Waals surface area contributed by atoms with Crippen molar-refractivity contribution in [1.29, 1.82) is 0 Å². The standard InChI is InChI=1S/C13H12N3O/c17-13(12-6-2-4-9-15-12)16-10-7-11-5-1-3-8-14-11/h1-6,8-10H,7H2,(H,16,17). The van der Waals surface area contributed by atoms with E-state index in [1.54, 1.807) is 37.1 Å². The van der Waals surface area contributed by atoms with E-state index in [9.17, 15) is 4.79 Å². The predicted octanol–water partition coefficient (Wildman–Crippen LogP) is 1.61. The van der Waals surface area contributed by atoms with Gasteiger partial charge >= 0.3 is 0 Å². The summed E-state index contributed by atoms with van der Waals surface area (Å²) >= 11 is 0. The predicted molar refractivity (Wildman–Crippen MR) is 63.9 cm³/mol. The maximum atomic E-state index is 11.6. The molecule has 0 unspecified atom stereocenters. The zero-order chi connectivity index (χ0) is 11.9. The van der Waals surface area contributed by atoms with Gasteiger partial charge in [-0.3, -0.25) is 14.8 Å². The molecular formula is C13H12N3O. The summed E-state index contributed by atoms with van der Waals surface area (Å²) in [6.07, 6.45) is 3.91. The zero-order valence-corrected chi connectivity index (χ0v) is 9.21. The van der Waals surface area contributed by atoms with Crippen molar-refractivity contribution in [2.24, 2.45) is 0 Å². The highest BCUT2D eigenvalue weighted by Gasteiger charge is 2.05. The van der Waals surface area contributed by atoms with Crippen LogP contribution >= 0.6 is 0 Å². The molecule has 1 N–H and O–H groups in total. The molecule has 4 nitrogen and oxygen atoms in total. The van der Waals surface area contributed by atoms with Crippen molar-refractivity contribution < 1.29 is 4.79 Å². The molecule has 2 rings (SSSR count). The van der Waals surface area contributed by atoms with Crippen molar-refractivity contribution in [2.45, 2.75) is 6.42 Å². The molecule has 0 aliphatic heterocycles. The second kappa shape index (κ2) is 5.75. The van der Waals surface area contributed by atoms with E-state index in [0.29, 0.717) is 12.1 Å². The molecule has 17 heavy (non-hydrogen) atoms. The number of aromatic nitrogens is 2. The third-order valence-electron chi connectivity index (χ3n) is 2.17. The summed E-state index contributed by atoms with van der Waals surface area (Å²) in [4.78, 5) is 19.7. The number of carbonyl (C=O) groups excluding carboxylic acids is 1. The highest BCUT2D eigenvalue weighted by atomic mass is 16.1. The van der Waals surface area contributed by atoms with Crippen molar-refractivity contribution in [1.82, 2.24) is 15.3 Å². The molecule has 85 valence electrons. The SMILES string of the molecule is O=C(N[CH]Cc1ccccn1)c1ccccn1. The van der Waals surface area contributed by atoms with Crippen LogP contribution in [-0.4, -0.2) is 15.9 Å². The van der Waals surface area contributed by atoms with Gasteiger partial charge in [-0.1, -0.05) is 12.1 Å². The van der Waals surface area contributed by atoms with Crippen molar-refractivity contribution in [3.05, 3.63) is 66.7 Å². The molecule has 2 aromatic rings. The summed E-state index contributed by atoms with van der Waals surface area (Å²) in [6, 6.07) is 10.9. The number of nitrogens with zero attached hydrogens (tertiary/aromatic N) is 2. The lowest BCUT2D eigenvalue weighted by atomic mass is 10.2. The van der Waals surface area contributed by atoms with Crippen LogP contribution in [0.15, 0.2) is 48.8 Å². The van der Waals surface area contributed by atoms with Crippen LogP contribution in [0.5, 0.6) is 0 Å². The summed E-state index contributed by atoms with van der Waals surface area (Å²) < 4.78 is 0. The number of pyridine rings is 2. The average Bonchev–Trinajstić information content (AvgIpc) is 2.41. The maximum Gasteiger partial charge on any atom is 0.270 e. The molecule has 0 fully saturated rings. The van der Waals surface area contributed by atoms with Gasteiger partial charge in [-0.25, -0.2) is 0 Å². The first kappa shape index (κ1) is 11.3. The first-order chi connectivity index (χ1) is 8.36. The highest BCUT2D eigenvalue weighted by molar-refractivity contribution is 5.92. The van der Waals surface area contributed by atoms with E-state index in [1.165, 1.54) is 0 Å². The lowest BCUT2D eigenvalue weighted by molar-refractivity contribution is 0.0958. The molecule has 0 aliphatic rings. The minimum atomic E-state index is -0.207. The topological polar surface area (TPSA) is 54.9 Å². The van der Waals surface area contributed by atoms with Gasteiger partial charge in [0.1, 0.15) is 5.69 Å². The lowest BCUT2D eigenvalue weighted by Gasteiger charge is -2.03.